The first-order valence-electron chi connectivity index (χ1n) is 9.72. The molecule has 0 saturated heterocycles. The minimum Gasteiger partial charge on any atom is -0.454 e. The van der Waals surface area contributed by atoms with Crippen LogP contribution in [0, 0.1) is 13.8 Å². The second-order valence-corrected chi connectivity index (χ2v) is 7.06. The van der Waals surface area contributed by atoms with E-state index in [1.807, 2.05) is 49.4 Å². The Kier molecular flexibility index (Phi) is 7.16. The summed E-state index contributed by atoms with van der Waals surface area (Å²) in [6, 6.07) is 16.8. The number of carbonyl (C=O) groups is 3. The van der Waals surface area contributed by atoms with Crippen molar-refractivity contribution in [3.8, 4) is 0 Å². The van der Waals surface area contributed by atoms with Crippen molar-refractivity contribution in [2.45, 2.75) is 26.3 Å². The lowest BCUT2D eigenvalue weighted by molar-refractivity contribution is -0.149. The van der Waals surface area contributed by atoms with Crippen molar-refractivity contribution in [1.29, 1.82) is 0 Å². The normalized spacial score (nSPS) is 11.4. The number of hydrogen-bond donors (Lipinski definition) is 2. The summed E-state index contributed by atoms with van der Waals surface area (Å²) < 4.78 is 10.0. The third kappa shape index (κ3) is 6.53. The summed E-state index contributed by atoms with van der Waals surface area (Å²) in [7, 11) is 0. The van der Waals surface area contributed by atoms with Crippen LogP contribution < -0.4 is 10.6 Å². The molecule has 0 spiro atoms. The van der Waals surface area contributed by atoms with Crippen LogP contribution >= 0.6 is 0 Å². The number of hydrogen-bond acceptors (Lipinski definition) is 6. The minimum atomic E-state index is -0.960. The highest BCUT2D eigenvalue weighted by molar-refractivity contribution is 5.97. The molecule has 8 nitrogen and oxygen atoms in total. The van der Waals surface area contributed by atoms with E-state index in [4.69, 9.17) is 9.26 Å². The summed E-state index contributed by atoms with van der Waals surface area (Å²) in [5.41, 5.74) is 2.29. The molecule has 31 heavy (non-hydrogen) atoms. The third-order valence-electron chi connectivity index (χ3n) is 4.43. The Bertz CT molecular complexity index is 1040. The molecule has 0 bridgehead atoms. The van der Waals surface area contributed by atoms with Gasteiger partial charge in [-0.1, -0.05) is 53.2 Å². The summed E-state index contributed by atoms with van der Waals surface area (Å²) >= 11 is 0. The average Bonchev–Trinajstić information content (AvgIpc) is 3.17. The van der Waals surface area contributed by atoms with Gasteiger partial charge in [-0.05, 0) is 31.5 Å². The standard InChI is InChI=1S/C23H23N3O5/c1-15-8-10-18(11-9-15)22(28)24-19(13-17-6-4-3-5-7-17)23(29)30-14-21(27)25-20-12-16(2)31-26-20/h3-12,19H,13-14H2,1-2H3,(H,24,28)(H,25,26,27). The van der Waals surface area contributed by atoms with E-state index in [0.717, 1.165) is 11.1 Å². The van der Waals surface area contributed by atoms with E-state index >= 15 is 0 Å². The molecule has 0 aliphatic rings. The lowest BCUT2D eigenvalue weighted by Crippen LogP contribution is -2.44. The molecule has 2 N–H and O–H groups in total. The van der Waals surface area contributed by atoms with Crippen LogP contribution in [0.5, 0.6) is 0 Å². The molecule has 160 valence electrons. The van der Waals surface area contributed by atoms with Crippen LogP contribution in [0.25, 0.3) is 0 Å². The average molecular weight is 421 g/mol. The highest BCUT2D eigenvalue weighted by Gasteiger charge is 2.24. The summed E-state index contributed by atoms with van der Waals surface area (Å²) in [5.74, 6) is -0.915. The quantitative estimate of drug-likeness (QED) is 0.541. The van der Waals surface area contributed by atoms with E-state index < -0.39 is 30.4 Å². The molecular formula is C23H23N3O5. The largest absolute Gasteiger partial charge is 0.454 e. The molecule has 2 aromatic carbocycles. The fourth-order valence-electron chi connectivity index (χ4n) is 2.83. The van der Waals surface area contributed by atoms with E-state index in [1.54, 1.807) is 25.1 Å². The number of rotatable bonds is 8. The number of nitrogens with zero attached hydrogens (tertiary/aromatic N) is 1. The topological polar surface area (TPSA) is 111 Å². The zero-order valence-electron chi connectivity index (χ0n) is 17.3. The molecule has 1 heterocycles. The number of amides is 2. The predicted octanol–water partition coefficient (Wildman–Crippen LogP) is 2.81. The summed E-state index contributed by atoms with van der Waals surface area (Å²) in [6.07, 6.45) is 0.224. The maximum Gasteiger partial charge on any atom is 0.329 e. The number of aromatic nitrogens is 1. The van der Waals surface area contributed by atoms with E-state index in [9.17, 15) is 14.4 Å². The van der Waals surface area contributed by atoms with Gasteiger partial charge in [0.15, 0.2) is 12.4 Å². The van der Waals surface area contributed by atoms with Crippen molar-refractivity contribution in [2.24, 2.45) is 0 Å². The Morgan fingerprint density at radius 1 is 1.03 bits per heavy atom. The van der Waals surface area contributed by atoms with E-state index in [2.05, 4.69) is 15.8 Å². The van der Waals surface area contributed by atoms with Crippen LogP contribution in [0.1, 0.15) is 27.2 Å². The number of esters is 1. The van der Waals surface area contributed by atoms with Gasteiger partial charge in [-0.15, -0.1) is 0 Å². The van der Waals surface area contributed by atoms with Crippen LogP contribution in [0.2, 0.25) is 0 Å². The molecule has 3 rings (SSSR count). The van der Waals surface area contributed by atoms with Gasteiger partial charge in [-0.3, -0.25) is 9.59 Å². The summed E-state index contributed by atoms with van der Waals surface area (Å²) in [5, 5.41) is 8.82. The number of carbonyl (C=O) groups excluding carboxylic acids is 3. The monoisotopic (exact) mass is 421 g/mol. The Balaban J connectivity index is 1.64. The molecule has 1 aromatic heterocycles. The summed E-state index contributed by atoms with van der Waals surface area (Å²) in [6.45, 7) is 3.09. The fraction of sp³-hybridized carbons (Fsp3) is 0.217. The Morgan fingerprint density at radius 2 is 1.74 bits per heavy atom. The lowest BCUT2D eigenvalue weighted by Gasteiger charge is -2.18. The van der Waals surface area contributed by atoms with Crippen LogP contribution in [0.4, 0.5) is 5.82 Å². The van der Waals surface area contributed by atoms with Gasteiger partial charge in [0.25, 0.3) is 11.8 Å². The van der Waals surface area contributed by atoms with Gasteiger partial charge in [-0.25, -0.2) is 4.79 Å². The number of nitrogens with one attached hydrogen (secondary N) is 2. The molecule has 0 aliphatic heterocycles. The van der Waals surface area contributed by atoms with Gasteiger partial charge in [-0.2, -0.15) is 0 Å². The highest BCUT2D eigenvalue weighted by atomic mass is 16.5. The zero-order valence-corrected chi connectivity index (χ0v) is 17.3. The maximum atomic E-state index is 12.7. The van der Waals surface area contributed by atoms with Gasteiger partial charge in [0.1, 0.15) is 11.8 Å². The van der Waals surface area contributed by atoms with Crippen molar-refractivity contribution < 1.29 is 23.6 Å². The minimum absolute atomic E-state index is 0.224. The molecule has 2 amide bonds. The maximum absolute atomic E-state index is 12.7. The van der Waals surface area contributed by atoms with Crippen molar-refractivity contribution in [2.75, 3.05) is 11.9 Å². The lowest BCUT2D eigenvalue weighted by atomic mass is 10.1. The van der Waals surface area contributed by atoms with Crippen molar-refractivity contribution in [3.63, 3.8) is 0 Å². The molecule has 1 unspecified atom stereocenters. The van der Waals surface area contributed by atoms with Crippen LogP contribution in [0.3, 0.4) is 0 Å². The first kappa shape index (κ1) is 21.8. The zero-order chi connectivity index (χ0) is 22.2. The molecule has 0 aliphatic carbocycles. The van der Waals surface area contributed by atoms with Crippen LogP contribution in [0.15, 0.2) is 65.2 Å². The molecule has 1 atom stereocenters. The van der Waals surface area contributed by atoms with Gasteiger partial charge in [0.05, 0.1) is 0 Å². The second kappa shape index (κ2) is 10.2. The molecule has 8 heteroatoms. The van der Waals surface area contributed by atoms with Crippen molar-refractivity contribution in [3.05, 3.63) is 83.1 Å². The first-order valence-corrected chi connectivity index (χ1v) is 9.72. The third-order valence-corrected chi connectivity index (χ3v) is 4.43. The Morgan fingerprint density at radius 3 is 2.39 bits per heavy atom. The van der Waals surface area contributed by atoms with E-state index in [-0.39, 0.29) is 12.2 Å². The first-order chi connectivity index (χ1) is 14.9. The smallest absolute Gasteiger partial charge is 0.329 e. The number of benzene rings is 2. The second-order valence-electron chi connectivity index (χ2n) is 7.06. The van der Waals surface area contributed by atoms with Gasteiger partial charge < -0.3 is 19.9 Å². The van der Waals surface area contributed by atoms with Gasteiger partial charge >= 0.3 is 5.97 Å². The number of ether oxygens (including phenoxy) is 1. The number of anilines is 1. The number of aryl methyl sites for hydroxylation is 2. The van der Waals surface area contributed by atoms with E-state index in [1.165, 1.54) is 0 Å². The van der Waals surface area contributed by atoms with Gasteiger partial charge in [0, 0.05) is 18.1 Å². The SMILES string of the molecule is Cc1ccc(C(=O)NC(Cc2ccccc2)C(=O)OCC(=O)Nc2cc(C)on2)cc1. The summed E-state index contributed by atoms with van der Waals surface area (Å²) in [4.78, 5) is 37.3. The van der Waals surface area contributed by atoms with Gasteiger partial charge in [0.2, 0.25) is 0 Å². The van der Waals surface area contributed by atoms with E-state index in [0.29, 0.717) is 11.3 Å². The molecule has 3 aromatic rings. The van der Waals surface area contributed by atoms with Crippen LogP contribution in [-0.2, 0) is 20.7 Å². The Labute approximate surface area is 179 Å². The Hall–Kier alpha value is -3.94. The fourth-order valence-corrected chi connectivity index (χ4v) is 2.83. The highest BCUT2D eigenvalue weighted by Crippen LogP contribution is 2.09. The molecule has 0 saturated carbocycles. The van der Waals surface area contributed by atoms with Crippen molar-refractivity contribution >= 4 is 23.6 Å². The van der Waals surface area contributed by atoms with Crippen LogP contribution in [-0.4, -0.2) is 35.6 Å². The molecular weight excluding hydrogens is 398 g/mol. The van der Waals surface area contributed by atoms with Crippen molar-refractivity contribution in [1.82, 2.24) is 10.5 Å². The molecule has 0 fully saturated rings. The predicted molar refractivity (Wildman–Crippen MR) is 113 cm³/mol. The molecule has 0 radical (unpaired) electrons.